The van der Waals surface area contributed by atoms with Gasteiger partial charge in [0.2, 0.25) is 0 Å². The van der Waals surface area contributed by atoms with Crippen LogP contribution in [0, 0.1) is 6.92 Å². The summed E-state index contributed by atoms with van der Waals surface area (Å²) in [5.74, 6) is -0.0499. The molecule has 0 aliphatic rings. The summed E-state index contributed by atoms with van der Waals surface area (Å²) >= 11 is 0. The molecule has 5 nitrogen and oxygen atoms in total. The summed E-state index contributed by atoms with van der Waals surface area (Å²) in [4.78, 5) is 13.9. The average Bonchev–Trinajstić information content (AvgIpc) is 2.82. The Kier molecular flexibility index (Phi) is 3.87. The van der Waals surface area contributed by atoms with Gasteiger partial charge in [0.15, 0.2) is 5.76 Å². The quantitative estimate of drug-likeness (QED) is 0.822. The molecule has 1 heterocycles. The lowest BCUT2D eigenvalue weighted by atomic mass is 10.2. The number of nitrogens with two attached hydrogens (primary N) is 1. The molecular weight excluding hydrogens is 244 g/mol. The van der Waals surface area contributed by atoms with Gasteiger partial charge in [-0.2, -0.15) is 0 Å². The number of nitrogen functional groups attached to an aromatic ring is 1. The predicted molar refractivity (Wildman–Crippen MR) is 73.1 cm³/mol. The summed E-state index contributed by atoms with van der Waals surface area (Å²) in [7, 11) is 0. The Morgan fingerprint density at radius 1 is 1.37 bits per heavy atom. The van der Waals surface area contributed by atoms with Crippen molar-refractivity contribution in [2.24, 2.45) is 0 Å². The van der Waals surface area contributed by atoms with Crippen molar-refractivity contribution in [1.82, 2.24) is 0 Å². The number of anilines is 2. The highest BCUT2D eigenvalue weighted by molar-refractivity contribution is 6.06. The molecule has 19 heavy (non-hydrogen) atoms. The van der Waals surface area contributed by atoms with E-state index in [0.29, 0.717) is 11.4 Å². The molecule has 0 fully saturated rings. The van der Waals surface area contributed by atoms with Gasteiger partial charge in [0.1, 0.15) is 0 Å². The molecule has 0 aliphatic heterocycles. The van der Waals surface area contributed by atoms with Crippen molar-refractivity contribution < 1.29 is 14.3 Å². The molecule has 0 bridgehead atoms. The van der Waals surface area contributed by atoms with Crippen LogP contribution in [0.25, 0.3) is 0 Å². The van der Waals surface area contributed by atoms with E-state index < -0.39 is 0 Å². The second-order valence-electron chi connectivity index (χ2n) is 4.17. The number of amides is 1. The Morgan fingerprint density at radius 2 is 2.11 bits per heavy atom. The maximum absolute atomic E-state index is 12.4. The molecule has 0 atom stereocenters. The molecule has 0 unspecified atom stereocenters. The fourth-order valence-corrected chi connectivity index (χ4v) is 1.88. The molecule has 1 amide bonds. The van der Waals surface area contributed by atoms with Gasteiger partial charge in [-0.25, -0.2) is 0 Å². The largest absolute Gasteiger partial charge is 0.459 e. The van der Waals surface area contributed by atoms with Crippen molar-refractivity contribution in [2.75, 3.05) is 23.8 Å². The molecule has 2 rings (SSSR count). The molecule has 0 saturated carbocycles. The van der Waals surface area contributed by atoms with Crippen LogP contribution in [-0.4, -0.2) is 24.2 Å². The number of rotatable bonds is 4. The van der Waals surface area contributed by atoms with Crippen LogP contribution in [0.3, 0.4) is 0 Å². The van der Waals surface area contributed by atoms with Crippen molar-refractivity contribution in [2.45, 2.75) is 6.92 Å². The SMILES string of the molecule is Cc1ccoc1C(=O)N(CCO)c1ccccc1N. The third-order valence-corrected chi connectivity index (χ3v) is 2.85. The van der Waals surface area contributed by atoms with Gasteiger partial charge in [0, 0.05) is 12.1 Å². The summed E-state index contributed by atoms with van der Waals surface area (Å²) in [6, 6.07) is 8.75. The van der Waals surface area contributed by atoms with E-state index in [1.165, 1.54) is 11.2 Å². The van der Waals surface area contributed by atoms with Crippen LogP contribution < -0.4 is 10.6 Å². The highest BCUT2D eigenvalue weighted by Gasteiger charge is 2.22. The molecule has 2 aromatic rings. The van der Waals surface area contributed by atoms with Crippen molar-refractivity contribution in [1.29, 1.82) is 0 Å². The zero-order chi connectivity index (χ0) is 13.8. The molecule has 3 N–H and O–H groups in total. The first-order chi connectivity index (χ1) is 9.15. The van der Waals surface area contributed by atoms with Crippen LogP contribution in [0.1, 0.15) is 16.1 Å². The van der Waals surface area contributed by atoms with Crippen molar-refractivity contribution in [3.05, 3.63) is 47.9 Å². The van der Waals surface area contributed by atoms with Crippen LogP contribution in [-0.2, 0) is 0 Å². The number of benzene rings is 1. The first kappa shape index (κ1) is 13.2. The molecular formula is C14H16N2O3. The van der Waals surface area contributed by atoms with Crippen LogP contribution in [0.4, 0.5) is 11.4 Å². The lowest BCUT2D eigenvalue weighted by Crippen LogP contribution is -2.34. The Morgan fingerprint density at radius 3 is 2.68 bits per heavy atom. The van der Waals surface area contributed by atoms with Crippen molar-refractivity contribution >= 4 is 17.3 Å². The van der Waals surface area contributed by atoms with Gasteiger partial charge in [-0.05, 0) is 25.1 Å². The Bertz CT molecular complexity index is 578. The van der Waals surface area contributed by atoms with Crippen molar-refractivity contribution in [3.8, 4) is 0 Å². The van der Waals surface area contributed by atoms with E-state index in [0.717, 1.165) is 5.56 Å². The molecule has 0 saturated heterocycles. The zero-order valence-electron chi connectivity index (χ0n) is 10.7. The third-order valence-electron chi connectivity index (χ3n) is 2.85. The lowest BCUT2D eigenvalue weighted by Gasteiger charge is -2.22. The van der Waals surface area contributed by atoms with Gasteiger partial charge in [0.25, 0.3) is 5.91 Å². The van der Waals surface area contributed by atoms with E-state index in [1.807, 2.05) is 0 Å². The monoisotopic (exact) mass is 260 g/mol. The maximum Gasteiger partial charge on any atom is 0.294 e. The summed E-state index contributed by atoms with van der Waals surface area (Å²) in [5.41, 5.74) is 7.67. The average molecular weight is 260 g/mol. The fraction of sp³-hybridized carbons (Fsp3) is 0.214. The van der Waals surface area contributed by atoms with Crippen LogP contribution in [0.15, 0.2) is 41.0 Å². The van der Waals surface area contributed by atoms with E-state index >= 15 is 0 Å². The summed E-state index contributed by atoms with van der Waals surface area (Å²) in [6.07, 6.45) is 1.47. The van der Waals surface area contributed by atoms with Gasteiger partial charge in [-0.3, -0.25) is 4.79 Å². The first-order valence-electron chi connectivity index (χ1n) is 5.96. The zero-order valence-corrected chi connectivity index (χ0v) is 10.7. The van der Waals surface area contributed by atoms with E-state index in [4.69, 9.17) is 15.3 Å². The molecule has 0 radical (unpaired) electrons. The van der Waals surface area contributed by atoms with E-state index in [2.05, 4.69) is 0 Å². The Hall–Kier alpha value is -2.27. The Labute approximate surface area is 111 Å². The van der Waals surface area contributed by atoms with Crippen LogP contribution in [0.2, 0.25) is 0 Å². The Balaban J connectivity index is 2.39. The van der Waals surface area contributed by atoms with E-state index in [-0.39, 0.29) is 24.8 Å². The number of para-hydroxylation sites is 2. The number of furan rings is 1. The van der Waals surface area contributed by atoms with E-state index in [9.17, 15) is 4.79 Å². The lowest BCUT2D eigenvalue weighted by molar-refractivity contribution is 0.0953. The normalized spacial score (nSPS) is 10.4. The van der Waals surface area contributed by atoms with Gasteiger partial charge < -0.3 is 20.2 Å². The minimum absolute atomic E-state index is 0.153. The summed E-state index contributed by atoms with van der Waals surface area (Å²) < 4.78 is 5.20. The molecule has 1 aromatic carbocycles. The van der Waals surface area contributed by atoms with Crippen LogP contribution >= 0.6 is 0 Å². The highest BCUT2D eigenvalue weighted by Crippen LogP contribution is 2.25. The summed E-state index contributed by atoms with van der Waals surface area (Å²) in [6.45, 7) is 1.80. The van der Waals surface area contributed by atoms with Crippen molar-refractivity contribution in [3.63, 3.8) is 0 Å². The smallest absolute Gasteiger partial charge is 0.294 e. The molecule has 0 spiro atoms. The van der Waals surface area contributed by atoms with Gasteiger partial charge in [-0.1, -0.05) is 12.1 Å². The first-order valence-corrected chi connectivity index (χ1v) is 5.96. The number of carbonyl (C=O) groups is 1. The number of aryl methyl sites for hydroxylation is 1. The predicted octanol–water partition coefficient (Wildman–Crippen LogP) is 1.81. The number of hydrogen-bond acceptors (Lipinski definition) is 4. The molecule has 100 valence electrons. The minimum atomic E-state index is -0.311. The van der Waals surface area contributed by atoms with Crippen LogP contribution in [0.5, 0.6) is 0 Å². The van der Waals surface area contributed by atoms with Gasteiger partial charge in [-0.15, -0.1) is 0 Å². The fourth-order valence-electron chi connectivity index (χ4n) is 1.88. The molecule has 0 aliphatic carbocycles. The molecule has 1 aromatic heterocycles. The highest BCUT2D eigenvalue weighted by atomic mass is 16.3. The van der Waals surface area contributed by atoms with E-state index in [1.54, 1.807) is 37.3 Å². The van der Waals surface area contributed by atoms with Gasteiger partial charge in [0.05, 0.1) is 24.2 Å². The summed E-state index contributed by atoms with van der Waals surface area (Å²) in [5, 5.41) is 9.14. The standard InChI is InChI=1S/C14H16N2O3/c1-10-6-9-19-13(10)14(18)16(7-8-17)12-5-3-2-4-11(12)15/h2-6,9,17H,7-8,15H2,1H3. The topological polar surface area (TPSA) is 79.7 Å². The third kappa shape index (κ3) is 2.61. The number of aliphatic hydroxyl groups excluding tert-OH is 1. The number of carbonyl (C=O) groups excluding carboxylic acids is 1. The maximum atomic E-state index is 12.4. The molecule has 5 heteroatoms. The van der Waals surface area contributed by atoms with Gasteiger partial charge >= 0.3 is 0 Å². The second kappa shape index (κ2) is 5.58. The number of aliphatic hydroxyl groups is 1. The second-order valence-corrected chi connectivity index (χ2v) is 4.17. The number of hydrogen-bond donors (Lipinski definition) is 2. The minimum Gasteiger partial charge on any atom is -0.459 e. The number of nitrogens with zero attached hydrogens (tertiary/aromatic N) is 1.